The number of amides is 1. The Morgan fingerprint density at radius 2 is 0.606 bits per heavy atom. The summed E-state index contributed by atoms with van der Waals surface area (Å²) in [5, 5.41) is 33.5. The van der Waals surface area contributed by atoms with Gasteiger partial charge in [0.05, 0.1) is 31.3 Å². The number of carbonyl (C=O) groups excluding carboxylic acids is 1. The highest BCUT2D eigenvalue weighted by Crippen LogP contribution is 2.18. The van der Waals surface area contributed by atoms with Crippen LogP contribution in [-0.2, 0) is 4.79 Å². The van der Waals surface area contributed by atoms with Gasteiger partial charge in [-0.25, -0.2) is 0 Å². The van der Waals surface area contributed by atoms with Gasteiger partial charge in [-0.15, -0.1) is 0 Å². The van der Waals surface area contributed by atoms with E-state index in [1.54, 1.807) is 6.08 Å². The van der Waals surface area contributed by atoms with E-state index in [1.807, 2.05) is 6.08 Å². The van der Waals surface area contributed by atoms with Crippen molar-refractivity contribution in [1.82, 2.24) is 5.32 Å². The summed E-state index contributed by atoms with van der Waals surface area (Å²) >= 11 is 0. The summed E-state index contributed by atoms with van der Waals surface area (Å²) in [6, 6.07) is -0.769. The van der Waals surface area contributed by atoms with Crippen LogP contribution in [0.1, 0.15) is 341 Å². The van der Waals surface area contributed by atoms with Crippen molar-refractivity contribution in [1.29, 1.82) is 0 Å². The first-order chi connectivity index (χ1) is 35.0. The molecule has 5 nitrogen and oxygen atoms in total. The average molecular weight is 997 g/mol. The molecule has 0 bridgehead atoms. The maximum absolute atomic E-state index is 12.5. The van der Waals surface area contributed by atoms with Crippen LogP contribution < -0.4 is 5.32 Å². The first kappa shape index (κ1) is 69.3. The van der Waals surface area contributed by atoms with Crippen LogP contribution in [-0.4, -0.2) is 46.1 Å². The highest BCUT2D eigenvalue weighted by Gasteiger charge is 2.20. The van der Waals surface area contributed by atoms with Gasteiger partial charge in [-0.3, -0.25) is 4.79 Å². The van der Waals surface area contributed by atoms with Crippen molar-refractivity contribution in [2.45, 2.75) is 360 Å². The fourth-order valence-corrected chi connectivity index (χ4v) is 9.96. The van der Waals surface area contributed by atoms with E-state index < -0.39 is 18.2 Å². The first-order valence-corrected chi connectivity index (χ1v) is 31.9. The lowest BCUT2D eigenvalue weighted by molar-refractivity contribution is -0.124. The van der Waals surface area contributed by atoms with Crippen LogP contribution in [0, 0.1) is 0 Å². The lowest BCUT2D eigenvalue weighted by Gasteiger charge is -2.21. The van der Waals surface area contributed by atoms with Gasteiger partial charge in [-0.1, -0.05) is 313 Å². The molecule has 0 spiro atoms. The molecule has 4 N–H and O–H groups in total. The molecular formula is C66H125NO4. The zero-order valence-corrected chi connectivity index (χ0v) is 47.9. The number of hydrogen-bond acceptors (Lipinski definition) is 4. The van der Waals surface area contributed by atoms with Gasteiger partial charge >= 0.3 is 0 Å². The van der Waals surface area contributed by atoms with Crippen LogP contribution in [0.15, 0.2) is 48.6 Å². The smallest absolute Gasteiger partial charge is 0.222 e. The fourth-order valence-electron chi connectivity index (χ4n) is 9.96. The minimum absolute atomic E-state index is 0.00351. The number of carbonyl (C=O) groups is 1. The van der Waals surface area contributed by atoms with Crippen LogP contribution in [0.25, 0.3) is 0 Å². The van der Waals surface area contributed by atoms with Gasteiger partial charge in [-0.05, 0) is 70.6 Å². The Kier molecular flexibility index (Phi) is 59.4. The number of aliphatic hydroxyl groups is 3. The van der Waals surface area contributed by atoms with Crippen molar-refractivity contribution in [3.8, 4) is 0 Å². The summed E-state index contributed by atoms with van der Waals surface area (Å²) in [6.45, 7) is 4.23. The van der Waals surface area contributed by atoms with Gasteiger partial charge in [0.25, 0.3) is 0 Å². The molecule has 0 aliphatic carbocycles. The minimum atomic E-state index is -0.962. The number of nitrogens with one attached hydrogen (secondary N) is 1. The molecule has 0 heterocycles. The normalized spacial score (nSPS) is 13.5. The highest BCUT2D eigenvalue weighted by molar-refractivity contribution is 5.76. The number of rotatable bonds is 59. The Hall–Kier alpha value is -1.69. The van der Waals surface area contributed by atoms with Crippen molar-refractivity contribution < 1.29 is 20.1 Å². The Bertz CT molecular complexity index is 1150. The van der Waals surface area contributed by atoms with Gasteiger partial charge in [0, 0.05) is 0 Å². The molecule has 0 aliphatic heterocycles. The second kappa shape index (κ2) is 60.9. The average Bonchev–Trinajstić information content (AvgIpc) is 3.37. The molecule has 0 fully saturated rings. The first-order valence-electron chi connectivity index (χ1n) is 31.9. The summed E-state index contributed by atoms with van der Waals surface area (Å²) in [4.78, 5) is 12.5. The van der Waals surface area contributed by atoms with E-state index in [1.165, 1.54) is 276 Å². The van der Waals surface area contributed by atoms with Gasteiger partial charge in [0.15, 0.2) is 0 Å². The molecular weight excluding hydrogens is 871 g/mol. The third kappa shape index (κ3) is 57.4. The number of unbranched alkanes of at least 4 members (excludes halogenated alkanes) is 44. The fraction of sp³-hybridized carbons (Fsp3) is 0.864. The summed E-state index contributed by atoms with van der Waals surface area (Å²) in [6.07, 6.45) is 82.0. The predicted molar refractivity (Wildman–Crippen MR) is 314 cm³/mol. The standard InChI is InChI=1S/C66H125NO4/c1-3-5-7-9-11-13-15-17-19-21-23-25-26-27-28-29-30-31-32-33-34-35-36-37-38-40-41-43-45-47-49-51-53-55-57-59-63(69)61-66(71)67-64(62-68)65(70)60-58-56-54-52-50-48-46-44-42-39-24-22-20-18-16-14-12-10-8-6-4-2/h31-32,42,44,50,52,58,60,63-65,68-70H,3-30,33-41,43,45-49,51,53-57,59,61-62H2,1-2H3,(H,67,71)/b32-31-,44-42+,52-50+,60-58+. The van der Waals surface area contributed by atoms with Crippen LogP contribution in [0.3, 0.4) is 0 Å². The number of aliphatic hydroxyl groups excluding tert-OH is 3. The maximum Gasteiger partial charge on any atom is 0.222 e. The molecule has 0 aliphatic rings. The van der Waals surface area contributed by atoms with Crippen LogP contribution >= 0.6 is 0 Å². The molecule has 0 aromatic heterocycles. The number of hydrogen-bond donors (Lipinski definition) is 4. The zero-order chi connectivity index (χ0) is 51.4. The molecule has 3 atom stereocenters. The molecule has 418 valence electrons. The maximum atomic E-state index is 12.5. The van der Waals surface area contributed by atoms with E-state index in [2.05, 4.69) is 55.6 Å². The largest absolute Gasteiger partial charge is 0.394 e. The molecule has 0 saturated heterocycles. The zero-order valence-electron chi connectivity index (χ0n) is 47.9. The molecule has 0 aromatic rings. The molecule has 0 rings (SSSR count). The van der Waals surface area contributed by atoms with E-state index in [0.29, 0.717) is 6.42 Å². The third-order valence-corrected chi connectivity index (χ3v) is 14.8. The van der Waals surface area contributed by atoms with Crippen LogP contribution in [0.4, 0.5) is 0 Å². The quantitative estimate of drug-likeness (QED) is 0.0361. The van der Waals surface area contributed by atoms with Gasteiger partial charge < -0.3 is 20.6 Å². The SMILES string of the molecule is CCCCCCCCCCCCC/C=C/CC/C=C/CC/C=C/C(O)C(CO)NC(=O)CC(O)CCCCCCCCCCCCCCCCC/C=C\CCCCCCCCCCCCCCCCCC. The second-order valence-electron chi connectivity index (χ2n) is 22.0. The van der Waals surface area contributed by atoms with E-state index >= 15 is 0 Å². The molecule has 0 radical (unpaired) electrons. The van der Waals surface area contributed by atoms with Gasteiger partial charge in [-0.2, -0.15) is 0 Å². The third-order valence-electron chi connectivity index (χ3n) is 14.8. The van der Waals surface area contributed by atoms with E-state index in [0.717, 1.165) is 38.5 Å². The Labute approximate surface area is 444 Å². The second-order valence-corrected chi connectivity index (χ2v) is 22.0. The van der Waals surface area contributed by atoms with E-state index in [9.17, 15) is 20.1 Å². The highest BCUT2D eigenvalue weighted by atomic mass is 16.3. The molecule has 3 unspecified atom stereocenters. The van der Waals surface area contributed by atoms with Crippen molar-refractivity contribution in [3.63, 3.8) is 0 Å². The topological polar surface area (TPSA) is 89.8 Å². The molecule has 0 saturated carbocycles. The minimum Gasteiger partial charge on any atom is -0.394 e. The Balaban J connectivity index is 3.54. The van der Waals surface area contributed by atoms with Crippen molar-refractivity contribution >= 4 is 5.91 Å². The molecule has 1 amide bonds. The summed E-state index contributed by atoms with van der Waals surface area (Å²) < 4.78 is 0. The molecule has 5 heteroatoms. The summed E-state index contributed by atoms with van der Waals surface area (Å²) in [5.41, 5.74) is 0. The predicted octanol–water partition coefficient (Wildman–Crippen LogP) is 20.3. The van der Waals surface area contributed by atoms with Crippen LogP contribution in [0.2, 0.25) is 0 Å². The van der Waals surface area contributed by atoms with Crippen molar-refractivity contribution in [2.24, 2.45) is 0 Å². The van der Waals surface area contributed by atoms with E-state index in [-0.39, 0.29) is 18.9 Å². The summed E-state index contributed by atoms with van der Waals surface area (Å²) in [7, 11) is 0. The Morgan fingerprint density at radius 1 is 0.352 bits per heavy atom. The monoisotopic (exact) mass is 996 g/mol. The molecule has 0 aromatic carbocycles. The summed E-state index contributed by atoms with van der Waals surface area (Å²) in [5.74, 6) is -0.325. The lowest BCUT2D eigenvalue weighted by atomic mass is 10.0. The molecule has 71 heavy (non-hydrogen) atoms. The Morgan fingerprint density at radius 3 is 0.901 bits per heavy atom. The lowest BCUT2D eigenvalue weighted by Crippen LogP contribution is -2.45. The van der Waals surface area contributed by atoms with Crippen molar-refractivity contribution in [2.75, 3.05) is 6.61 Å². The van der Waals surface area contributed by atoms with Gasteiger partial charge in [0.2, 0.25) is 5.91 Å². The number of allylic oxidation sites excluding steroid dienone is 7. The van der Waals surface area contributed by atoms with Crippen LogP contribution in [0.5, 0.6) is 0 Å². The van der Waals surface area contributed by atoms with Crippen molar-refractivity contribution in [3.05, 3.63) is 48.6 Å². The van der Waals surface area contributed by atoms with E-state index in [4.69, 9.17) is 0 Å². The van der Waals surface area contributed by atoms with Gasteiger partial charge in [0.1, 0.15) is 0 Å².